The van der Waals surface area contributed by atoms with E-state index in [1.807, 2.05) is 6.92 Å². The normalized spacial score (nSPS) is 10.1. The number of aromatic nitrogens is 1. The van der Waals surface area contributed by atoms with Crippen molar-refractivity contribution in [2.45, 2.75) is 32.7 Å². The number of rotatable bonds is 6. The maximum absolute atomic E-state index is 11.3. The van der Waals surface area contributed by atoms with Crippen LogP contribution in [-0.2, 0) is 16.1 Å². The monoisotopic (exact) mass is 242 g/mol. The molecule has 1 heterocycles. The van der Waals surface area contributed by atoms with Crippen molar-refractivity contribution in [2.75, 3.05) is 0 Å². The first kappa shape index (κ1) is 12.6. The van der Waals surface area contributed by atoms with Crippen LogP contribution in [0.25, 0.3) is 0 Å². The van der Waals surface area contributed by atoms with E-state index in [1.165, 1.54) is 11.3 Å². The van der Waals surface area contributed by atoms with Gasteiger partial charge in [0.05, 0.1) is 17.7 Å². The number of carboxylic acid groups (broad SMARTS) is 1. The summed E-state index contributed by atoms with van der Waals surface area (Å²) in [5.74, 6) is -0.986. The van der Waals surface area contributed by atoms with Crippen molar-refractivity contribution in [3.8, 4) is 0 Å². The molecule has 0 aliphatic carbocycles. The predicted molar refractivity (Wildman–Crippen MR) is 60.2 cm³/mol. The molecule has 6 heteroatoms. The van der Waals surface area contributed by atoms with Gasteiger partial charge in [-0.25, -0.2) is 4.98 Å². The van der Waals surface area contributed by atoms with Crippen LogP contribution in [0.5, 0.6) is 0 Å². The van der Waals surface area contributed by atoms with Crippen LogP contribution in [0, 0.1) is 6.92 Å². The molecule has 0 saturated carbocycles. The van der Waals surface area contributed by atoms with Crippen molar-refractivity contribution in [3.63, 3.8) is 0 Å². The van der Waals surface area contributed by atoms with Crippen LogP contribution in [0.4, 0.5) is 0 Å². The quantitative estimate of drug-likeness (QED) is 0.788. The van der Waals surface area contributed by atoms with Crippen LogP contribution >= 0.6 is 11.3 Å². The van der Waals surface area contributed by atoms with Gasteiger partial charge in [0.1, 0.15) is 0 Å². The minimum absolute atomic E-state index is 0.0347. The molecule has 0 unspecified atom stereocenters. The fourth-order valence-electron chi connectivity index (χ4n) is 1.16. The van der Waals surface area contributed by atoms with Crippen LogP contribution in [-0.4, -0.2) is 22.0 Å². The van der Waals surface area contributed by atoms with E-state index in [-0.39, 0.29) is 18.7 Å². The zero-order chi connectivity index (χ0) is 12.0. The molecule has 0 spiro atoms. The van der Waals surface area contributed by atoms with E-state index in [9.17, 15) is 9.59 Å². The molecule has 1 rings (SSSR count). The topological polar surface area (TPSA) is 79.3 Å². The molecular weight excluding hydrogens is 228 g/mol. The van der Waals surface area contributed by atoms with Crippen LogP contribution < -0.4 is 5.32 Å². The molecule has 0 aliphatic heterocycles. The Morgan fingerprint density at radius 2 is 2.25 bits per heavy atom. The summed E-state index contributed by atoms with van der Waals surface area (Å²) in [6.07, 6.45) is 0.667. The molecule has 2 N–H and O–H groups in total. The molecule has 0 aliphatic rings. The second-order valence-electron chi connectivity index (χ2n) is 3.38. The summed E-state index contributed by atoms with van der Waals surface area (Å²) < 4.78 is 0. The molecule has 5 nitrogen and oxygen atoms in total. The van der Waals surface area contributed by atoms with Crippen molar-refractivity contribution in [2.24, 2.45) is 0 Å². The van der Waals surface area contributed by atoms with E-state index < -0.39 is 5.97 Å². The maximum Gasteiger partial charge on any atom is 0.303 e. The third kappa shape index (κ3) is 4.39. The first-order valence-corrected chi connectivity index (χ1v) is 5.85. The third-order valence-corrected chi connectivity index (χ3v) is 3.02. The highest BCUT2D eigenvalue weighted by Gasteiger charge is 2.05. The average molecular weight is 242 g/mol. The van der Waals surface area contributed by atoms with E-state index in [4.69, 9.17) is 5.11 Å². The number of aryl methyl sites for hydroxylation is 1. The summed E-state index contributed by atoms with van der Waals surface area (Å²) in [4.78, 5) is 26.6. The number of carboxylic acids is 1. The molecule has 0 aromatic carbocycles. The first-order valence-electron chi connectivity index (χ1n) is 4.97. The maximum atomic E-state index is 11.3. The number of aliphatic carboxylic acids is 1. The smallest absolute Gasteiger partial charge is 0.303 e. The Bertz CT molecular complexity index is 376. The molecule has 1 aromatic rings. The highest BCUT2D eigenvalue weighted by atomic mass is 32.1. The predicted octanol–water partition coefficient (Wildman–Crippen LogP) is 1.32. The van der Waals surface area contributed by atoms with Crippen LogP contribution in [0.3, 0.4) is 0 Å². The molecule has 0 fully saturated rings. The molecule has 16 heavy (non-hydrogen) atoms. The second kappa shape index (κ2) is 6.22. The van der Waals surface area contributed by atoms with Gasteiger partial charge in [-0.3, -0.25) is 9.59 Å². The lowest BCUT2D eigenvalue weighted by Gasteiger charge is -2.03. The molecule has 1 aromatic heterocycles. The van der Waals surface area contributed by atoms with E-state index in [0.29, 0.717) is 13.0 Å². The van der Waals surface area contributed by atoms with Crippen LogP contribution in [0.1, 0.15) is 29.8 Å². The van der Waals surface area contributed by atoms with Crippen molar-refractivity contribution in [3.05, 3.63) is 16.1 Å². The van der Waals surface area contributed by atoms with Crippen molar-refractivity contribution >= 4 is 23.2 Å². The average Bonchev–Trinajstić information content (AvgIpc) is 2.60. The minimum atomic E-state index is -0.869. The van der Waals surface area contributed by atoms with Crippen molar-refractivity contribution in [1.82, 2.24) is 10.3 Å². The fourth-order valence-corrected chi connectivity index (χ4v) is 1.88. The summed E-state index contributed by atoms with van der Waals surface area (Å²) in [6.45, 7) is 2.37. The van der Waals surface area contributed by atoms with Crippen molar-refractivity contribution in [1.29, 1.82) is 0 Å². The molecule has 88 valence electrons. The number of carbonyl (C=O) groups is 2. The summed E-state index contributed by atoms with van der Waals surface area (Å²) >= 11 is 1.50. The SMILES string of the molecule is Cc1ncsc1CNC(=O)CCCC(=O)O. The lowest BCUT2D eigenvalue weighted by atomic mass is 10.2. The molecule has 1 amide bonds. The summed E-state index contributed by atoms with van der Waals surface area (Å²) in [5, 5.41) is 11.1. The molecule has 0 saturated heterocycles. The van der Waals surface area contributed by atoms with E-state index in [1.54, 1.807) is 5.51 Å². The van der Waals surface area contributed by atoms with E-state index in [0.717, 1.165) is 10.6 Å². The first-order chi connectivity index (χ1) is 7.59. The Hall–Kier alpha value is -1.43. The van der Waals surface area contributed by atoms with E-state index in [2.05, 4.69) is 10.3 Å². The van der Waals surface area contributed by atoms with Gasteiger partial charge >= 0.3 is 5.97 Å². The number of thiazole rings is 1. The van der Waals surface area contributed by atoms with Gasteiger partial charge in [0.2, 0.25) is 5.91 Å². The Morgan fingerprint density at radius 1 is 1.50 bits per heavy atom. The Kier molecular flexibility index (Phi) is 4.91. The Labute approximate surface area is 97.5 Å². The number of amides is 1. The van der Waals surface area contributed by atoms with Crippen molar-refractivity contribution < 1.29 is 14.7 Å². The number of hydrogen-bond donors (Lipinski definition) is 2. The van der Waals surface area contributed by atoms with Gasteiger partial charge in [0, 0.05) is 17.7 Å². The van der Waals surface area contributed by atoms with Gasteiger partial charge in [-0.15, -0.1) is 11.3 Å². The standard InChI is InChI=1S/C10H14N2O3S/c1-7-8(16-6-12-7)5-11-9(13)3-2-4-10(14)15/h6H,2-5H2,1H3,(H,11,13)(H,14,15). The molecule has 0 atom stereocenters. The van der Waals surface area contributed by atoms with Gasteiger partial charge in [0.25, 0.3) is 0 Å². The lowest BCUT2D eigenvalue weighted by molar-refractivity contribution is -0.137. The largest absolute Gasteiger partial charge is 0.481 e. The summed E-state index contributed by atoms with van der Waals surface area (Å²) in [5.41, 5.74) is 2.66. The minimum Gasteiger partial charge on any atom is -0.481 e. The molecular formula is C10H14N2O3S. The van der Waals surface area contributed by atoms with Crippen LogP contribution in [0.2, 0.25) is 0 Å². The highest BCUT2D eigenvalue weighted by Crippen LogP contribution is 2.11. The number of hydrogen-bond acceptors (Lipinski definition) is 4. The van der Waals surface area contributed by atoms with Gasteiger partial charge in [-0.05, 0) is 13.3 Å². The third-order valence-electron chi connectivity index (χ3n) is 2.09. The summed E-state index contributed by atoms with van der Waals surface area (Å²) in [6, 6.07) is 0. The fraction of sp³-hybridized carbons (Fsp3) is 0.500. The second-order valence-corrected chi connectivity index (χ2v) is 4.32. The van der Waals surface area contributed by atoms with Gasteiger partial charge in [-0.2, -0.15) is 0 Å². The summed E-state index contributed by atoms with van der Waals surface area (Å²) in [7, 11) is 0. The van der Waals surface area contributed by atoms with Gasteiger partial charge < -0.3 is 10.4 Å². The van der Waals surface area contributed by atoms with Crippen LogP contribution in [0.15, 0.2) is 5.51 Å². The zero-order valence-electron chi connectivity index (χ0n) is 9.02. The zero-order valence-corrected chi connectivity index (χ0v) is 9.84. The van der Waals surface area contributed by atoms with Gasteiger partial charge in [-0.1, -0.05) is 0 Å². The Balaban J connectivity index is 2.20. The molecule has 0 bridgehead atoms. The Morgan fingerprint density at radius 3 is 2.81 bits per heavy atom. The number of nitrogens with zero attached hydrogens (tertiary/aromatic N) is 1. The van der Waals surface area contributed by atoms with E-state index >= 15 is 0 Å². The van der Waals surface area contributed by atoms with Gasteiger partial charge in [0.15, 0.2) is 0 Å². The number of carbonyl (C=O) groups excluding carboxylic acids is 1. The molecule has 0 radical (unpaired) electrons. The number of nitrogens with one attached hydrogen (secondary N) is 1. The highest BCUT2D eigenvalue weighted by molar-refractivity contribution is 7.09. The lowest BCUT2D eigenvalue weighted by Crippen LogP contribution is -2.22.